The summed E-state index contributed by atoms with van der Waals surface area (Å²) in [5.74, 6) is 0.244. The Kier molecular flexibility index (Phi) is 6.38. The van der Waals surface area contributed by atoms with Gasteiger partial charge in [-0.1, -0.05) is 12.1 Å². The summed E-state index contributed by atoms with van der Waals surface area (Å²) >= 11 is 0. The predicted octanol–water partition coefficient (Wildman–Crippen LogP) is 3.99. The molecule has 1 aliphatic carbocycles. The minimum atomic E-state index is -4.45. The van der Waals surface area contributed by atoms with Crippen molar-refractivity contribution in [3.8, 4) is 11.6 Å². The summed E-state index contributed by atoms with van der Waals surface area (Å²) in [6, 6.07) is 9.97. The molecule has 1 aromatic heterocycles. The van der Waals surface area contributed by atoms with Crippen molar-refractivity contribution in [2.75, 3.05) is 6.61 Å². The molecule has 0 radical (unpaired) electrons. The fraction of sp³-hybridized carbons (Fsp3) is 0.400. The normalized spacial score (nSPS) is 19.7. The van der Waals surface area contributed by atoms with Crippen LogP contribution in [0.15, 0.2) is 48.7 Å². The maximum Gasteiger partial charge on any atom is 0.416 e. The van der Waals surface area contributed by atoms with Crippen LogP contribution in [0, 0.1) is 0 Å². The van der Waals surface area contributed by atoms with Crippen LogP contribution in [0.4, 0.5) is 13.2 Å². The maximum absolute atomic E-state index is 12.7. The number of rotatable bonds is 6. The van der Waals surface area contributed by atoms with Crippen LogP contribution in [-0.2, 0) is 11.0 Å². The molecule has 1 amide bonds. The largest absolute Gasteiger partial charge is 0.484 e. The topological polar surface area (TPSA) is 60.5 Å². The van der Waals surface area contributed by atoms with Gasteiger partial charge in [-0.2, -0.15) is 13.2 Å². The van der Waals surface area contributed by atoms with Crippen LogP contribution in [-0.4, -0.2) is 29.6 Å². The highest BCUT2D eigenvalue weighted by atomic mass is 19.4. The van der Waals surface area contributed by atoms with E-state index in [1.165, 1.54) is 12.1 Å². The van der Waals surface area contributed by atoms with Crippen molar-refractivity contribution < 1.29 is 27.4 Å². The van der Waals surface area contributed by atoms with Gasteiger partial charge in [-0.3, -0.25) is 4.79 Å². The molecule has 0 unspecified atom stereocenters. The summed E-state index contributed by atoms with van der Waals surface area (Å²) in [5.41, 5.74) is -0.809. The molecule has 150 valence electrons. The zero-order valence-electron chi connectivity index (χ0n) is 15.1. The SMILES string of the molecule is O=C(COc1cccc(C(F)(F)F)c1)NC1CCC(Oc2ccccn2)CC1. The number of carbonyl (C=O) groups is 1. The lowest BCUT2D eigenvalue weighted by molar-refractivity contribution is -0.137. The van der Waals surface area contributed by atoms with Gasteiger partial charge < -0.3 is 14.8 Å². The van der Waals surface area contributed by atoms with Crippen molar-refractivity contribution in [1.82, 2.24) is 10.3 Å². The lowest BCUT2D eigenvalue weighted by atomic mass is 9.93. The second kappa shape index (κ2) is 8.95. The van der Waals surface area contributed by atoms with Gasteiger partial charge >= 0.3 is 6.18 Å². The number of alkyl halides is 3. The molecule has 0 atom stereocenters. The first kappa shape index (κ1) is 20.0. The number of carbonyl (C=O) groups excluding carboxylic acids is 1. The highest BCUT2D eigenvalue weighted by Gasteiger charge is 2.30. The third-order valence-electron chi connectivity index (χ3n) is 4.50. The highest BCUT2D eigenvalue weighted by Crippen LogP contribution is 2.31. The van der Waals surface area contributed by atoms with Gasteiger partial charge in [0.2, 0.25) is 5.88 Å². The Morgan fingerprint density at radius 2 is 1.89 bits per heavy atom. The molecule has 28 heavy (non-hydrogen) atoms. The number of pyridine rings is 1. The Bertz CT molecular complexity index is 776. The van der Waals surface area contributed by atoms with E-state index >= 15 is 0 Å². The molecule has 0 spiro atoms. The number of nitrogens with one attached hydrogen (secondary N) is 1. The molecule has 1 saturated carbocycles. The van der Waals surface area contributed by atoms with E-state index < -0.39 is 11.7 Å². The molecular weight excluding hydrogens is 373 g/mol. The number of hydrogen-bond acceptors (Lipinski definition) is 4. The second-order valence-corrected chi connectivity index (χ2v) is 6.64. The lowest BCUT2D eigenvalue weighted by Gasteiger charge is -2.29. The quantitative estimate of drug-likeness (QED) is 0.805. The number of benzene rings is 1. The molecule has 8 heteroatoms. The number of nitrogens with zero attached hydrogens (tertiary/aromatic N) is 1. The molecule has 2 aromatic rings. The van der Waals surface area contributed by atoms with E-state index in [-0.39, 0.29) is 30.4 Å². The number of ether oxygens (including phenoxy) is 2. The molecule has 1 heterocycles. The Morgan fingerprint density at radius 3 is 2.57 bits per heavy atom. The van der Waals surface area contributed by atoms with Crippen molar-refractivity contribution in [3.05, 3.63) is 54.2 Å². The van der Waals surface area contributed by atoms with Crippen LogP contribution < -0.4 is 14.8 Å². The van der Waals surface area contributed by atoms with E-state index in [1.54, 1.807) is 12.3 Å². The Hall–Kier alpha value is -2.77. The molecule has 0 aliphatic heterocycles. The minimum absolute atomic E-state index is 0.00110. The standard InChI is InChI=1S/C20H21F3N2O3/c21-20(22,23)14-4-3-5-17(12-14)27-13-18(26)25-15-7-9-16(10-8-15)28-19-6-1-2-11-24-19/h1-6,11-12,15-16H,7-10,13H2,(H,25,26). The smallest absolute Gasteiger partial charge is 0.416 e. The van der Waals surface area contributed by atoms with Crippen LogP contribution in [0.3, 0.4) is 0 Å². The van der Waals surface area contributed by atoms with Gasteiger partial charge in [0.1, 0.15) is 11.9 Å². The zero-order valence-corrected chi connectivity index (χ0v) is 15.1. The lowest BCUT2D eigenvalue weighted by Crippen LogP contribution is -2.41. The van der Waals surface area contributed by atoms with E-state index in [9.17, 15) is 18.0 Å². The molecule has 0 bridgehead atoms. The van der Waals surface area contributed by atoms with Crippen LogP contribution >= 0.6 is 0 Å². The van der Waals surface area contributed by atoms with Crippen molar-refractivity contribution in [2.45, 2.75) is 44.0 Å². The predicted molar refractivity (Wildman–Crippen MR) is 96.0 cm³/mol. The van der Waals surface area contributed by atoms with E-state index in [0.29, 0.717) is 5.88 Å². The fourth-order valence-electron chi connectivity index (χ4n) is 3.09. The molecular formula is C20H21F3N2O3. The molecule has 1 N–H and O–H groups in total. The number of hydrogen-bond donors (Lipinski definition) is 1. The van der Waals surface area contributed by atoms with Crippen LogP contribution in [0.1, 0.15) is 31.2 Å². The molecule has 1 aromatic carbocycles. The summed E-state index contributed by atoms with van der Waals surface area (Å²) in [7, 11) is 0. The van der Waals surface area contributed by atoms with Gasteiger partial charge in [0.05, 0.1) is 5.56 Å². The molecule has 3 rings (SSSR count). The Labute approximate surface area is 160 Å². The van der Waals surface area contributed by atoms with Gasteiger partial charge in [-0.25, -0.2) is 4.98 Å². The first-order valence-corrected chi connectivity index (χ1v) is 9.07. The van der Waals surface area contributed by atoms with Crippen LogP contribution in [0.2, 0.25) is 0 Å². The highest BCUT2D eigenvalue weighted by molar-refractivity contribution is 5.77. The van der Waals surface area contributed by atoms with E-state index in [4.69, 9.17) is 9.47 Å². The van der Waals surface area contributed by atoms with Crippen molar-refractivity contribution in [1.29, 1.82) is 0 Å². The summed E-state index contributed by atoms with van der Waals surface area (Å²) in [5, 5.41) is 2.86. The summed E-state index contributed by atoms with van der Waals surface area (Å²) in [6.07, 6.45) is 0.374. The second-order valence-electron chi connectivity index (χ2n) is 6.64. The van der Waals surface area contributed by atoms with Gasteiger partial charge in [-0.15, -0.1) is 0 Å². The molecule has 1 fully saturated rings. The first-order valence-electron chi connectivity index (χ1n) is 9.07. The Balaban J connectivity index is 1.40. The average molecular weight is 394 g/mol. The monoisotopic (exact) mass is 394 g/mol. The number of aromatic nitrogens is 1. The van der Waals surface area contributed by atoms with Gasteiger partial charge in [-0.05, 0) is 49.9 Å². The van der Waals surface area contributed by atoms with Crippen LogP contribution in [0.5, 0.6) is 11.6 Å². The molecule has 1 aliphatic rings. The van der Waals surface area contributed by atoms with Crippen LogP contribution in [0.25, 0.3) is 0 Å². The fourth-order valence-corrected chi connectivity index (χ4v) is 3.09. The Morgan fingerprint density at radius 1 is 1.11 bits per heavy atom. The van der Waals surface area contributed by atoms with Gasteiger partial charge in [0.15, 0.2) is 6.61 Å². The molecule has 0 saturated heterocycles. The minimum Gasteiger partial charge on any atom is -0.484 e. The van der Waals surface area contributed by atoms with E-state index in [2.05, 4.69) is 10.3 Å². The first-order chi connectivity index (χ1) is 13.4. The van der Waals surface area contributed by atoms with Gasteiger partial charge in [0.25, 0.3) is 5.91 Å². The van der Waals surface area contributed by atoms with Crippen molar-refractivity contribution >= 4 is 5.91 Å². The summed E-state index contributed by atoms with van der Waals surface area (Å²) in [4.78, 5) is 16.2. The summed E-state index contributed by atoms with van der Waals surface area (Å²) in [6.45, 7) is -0.328. The third-order valence-corrected chi connectivity index (χ3v) is 4.50. The summed E-state index contributed by atoms with van der Waals surface area (Å²) < 4.78 is 49.1. The van der Waals surface area contributed by atoms with E-state index in [1.807, 2.05) is 12.1 Å². The third kappa shape index (κ3) is 5.87. The van der Waals surface area contributed by atoms with Crippen molar-refractivity contribution in [2.24, 2.45) is 0 Å². The number of halogens is 3. The molecule has 5 nitrogen and oxygen atoms in total. The average Bonchev–Trinajstić information content (AvgIpc) is 2.68. The van der Waals surface area contributed by atoms with Crippen molar-refractivity contribution in [3.63, 3.8) is 0 Å². The maximum atomic E-state index is 12.7. The zero-order chi connectivity index (χ0) is 20.0. The number of amides is 1. The van der Waals surface area contributed by atoms with Gasteiger partial charge in [0, 0.05) is 18.3 Å². The van der Waals surface area contributed by atoms with E-state index in [0.717, 1.165) is 37.8 Å².